The zero-order valence-corrected chi connectivity index (χ0v) is 16.5. The van der Waals surface area contributed by atoms with E-state index >= 15 is 0 Å². The van der Waals surface area contributed by atoms with Crippen molar-refractivity contribution in [2.24, 2.45) is 5.92 Å². The number of amides is 2. The Bertz CT molecular complexity index is 950. The van der Waals surface area contributed by atoms with Crippen LogP contribution in [-0.4, -0.2) is 39.0 Å². The SMILES string of the molecule is CC(C)(C)OC(=O)N1C=C(c2cc(NC(=O)C3CC3)nc3[nH]ccc23)CCC1. The summed E-state index contributed by atoms with van der Waals surface area (Å²) in [7, 11) is 0. The summed E-state index contributed by atoms with van der Waals surface area (Å²) in [5.74, 6) is 0.677. The second-order valence-corrected chi connectivity index (χ2v) is 8.49. The summed E-state index contributed by atoms with van der Waals surface area (Å²) in [6, 6.07) is 3.87. The first-order chi connectivity index (χ1) is 13.3. The van der Waals surface area contributed by atoms with Gasteiger partial charge in [-0.25, -0.2) is 9.78 Å². The molecule has 4 rings (SSSR count). The summed E-state index contributed by atoms with van der Waals surface area (Å²) in [6.07, 6.45) is 6.95. The van der Waals surface area contributed by atoms with E-state index in [0.717, 1.165) is 47.9 Å². The second-order valence-electron chi connectivity index (χ2n) is 8.49. The number of carbonyl (C=O) groups is 2. The van der Waals surface area contributed by atoms with Crippen LogP contribution >= 0.6 is 0 Å². The molecule has 7 heteroatoms. The first kappa shape index (κ1) is 18.5. The predicted octanol–water partition coefficient (Wildman–Crippen LogP) is 4.28. The molecule has 3 heterocycles. The van der Waals surface area contributed by atoms with Gasteiger partial charge in [0.1, 0.15) is 17.1 Å². The van der Waals surface area contributed by atoms with Gasteiger partial charge in [0.05, 0.1) is 0 Å². The zero-order valence-electron chi connectivity index (χ0n) is 16.5. The van der Waals surface area contributed by atoms with Crippen LogP contribution in [0.3, 0.4) is 0 Å². The van der Waals surface area contributed by atoms with Gasteiger partial charge in [-0.05, 0) is 69.7 Å². The minimum Gasteiger partial charge on any atom is -0.443 e. The largest absolute Gasteiger partial charge is 0.443 e. The van der Waals surface area contributed by atoms with Crippen molar-refractivity contribution in [2.45, 2.75) is 52.1 Å². The highest BCUT2D eigenvalue weighted by molar-refractivity contribution is 5.97. The van der Waals surface area contributed by atoms with Gasteiger partial charge >= 0.3 is 6.09 Å². The molecule has 0 unspecified atom stereocenters. The van der Waals surface area contributed by atoms with Crippen LogP contribution in [0.15, 0.2) is 24.5 Å². The molecule has 2 aliphatic rings. The molecule has 1 aliphatic carbocycles. The Labute approximate surface area is 164 Å². The molecule has 0 atom stereocenters. The molecule has 148 valence electrons. The van der Waals surface area contributed by atoms with Crippen molar-refractivity contribution in [1.82, 2.24) is 14.9 Å². The maximum Gasteiger partial charge on any atom is 0.414 e. The molecule has 1 aliphatic heterocycles. The predicted molar refractivity (Wildman–Crippen MR) is 108 cm³/mol. The first-order valence-electron chi connectivity index (χ1n) is 9.80. The molecule has 7 nitrogen and oxygen atoms in total. The van der Waals surface area contributed by atoms with Crippen LogP contribution in [0.4, 0.5) is 10.6 Å². The Balaban J connectivity index is 1.65. The number of hydrogen-bond donors (Lipinski definition) is 2. The fourth-order valence-corrected chi connectivity index (χ4v) is 3.37. The Morgan fingerprint density at radius 2 is 2.11 bits per heavy atom. The third-order valence-corrected chi connectivity index (χ3v) is 4.86. The van der Waals surface area contributed by atoms with Gasteiger partial charge in [0.15, 0.2) is 0 Å². The third-order valence-electron chi connectivity index (χ3n) is 4.86. The smallest absolute Gasteiger partial charge is 0.414 e. The van der Waals surface area contributed by atoms with Gasteiger partial charge in [0.2, 0.25) is 5.91 Å². The van der Waals surface area contributed by atoms with E-state index in [-0.39, 0.29) is 17.9 Å². The van der Waals surface area contributed by atoms with Gasteiger partial charge in [-0.15, -0.1) is 0 Å². The number of aromatic amines is 1. The molecule has 28 heavy (non-hydrogen) atoms. The molecular weight excluding hydrogens is 356 g/mol. The van der Waals surface area contributed by atoms with Crippen LogP contribution in [0.1, 0.15) is 52.0 Å². The van der Waals surface area contributed by atoms with Gasteiger partial charge in [-0.3, -0.25) is 9.69 Å². The molecule has 2 N–H and O–H groups in total. The minimum absolute atomic E-state index is 0.0253. The van der Waals surface area contributed by atoms with E-state index in [1.54, 1.807) is 4.90 Å². The highest BCUT2D eigenvalue weighted by atomic mass is 16.6. The van der Waals surface area contributed by atoms with Gasteiger partial charge in [0.25, 0.3) is 0 Å². The molecule has 0 spiro atoms. The quantitative estimate of drug-likeness (QED) is 0.829. The number of nitrogens with zero attached hydrogens (tertiary/aromatic N) is 2. The van der Waals surface area contributed by atoms with Crippen LogP contribution in [0.25, 0.3) is 16.6 Å². The average Bonchev–Trinajstić information content (AvgIpc) is 3.38. The Morgan fingerprint density at radius 1 is 1.32 bits per heavy atom. The lowest BCUT2D eigenvalue weighted by Crippen LogP contribution is -2.35. The summed E-state index contributed by atoms with van der Waals surface area (Å²) < 4.78 is 5.51. The van der Waals surface area contributed by atoms with Crippen molar-refractivity contribution in [1.29, 1.82) is 0 Å². The molecule has 2 amide bonds. The molecule has 1 fully saturated rings. The standard InChI is InChI=1S/C21H26N4O3/c1-21(2,3)28-20(27)25-10-4-5-14(12-25)16-11-17(24-19(26)13-6-7-13)23-18-15(16)8-9-22-18/h8-9,11-13H,4-7,10H2,1-3H3,(H2,22,23,24,26). The number of rotatable bonds is 3. The molecule has 2 aromatic heterocycles. The fourth-order valence-electron chi connectivity index (χ4n) is 3.37. The molecule has 0 saturated heterocycles. The van der Waals surface area contributed by atoms with E-state index in [9.17, 15) is 9.59 Å². The molecule has 1 saturated carbocycles. The maximum absolute atomic E-state index is 12.5. The summed E-state index contributed by atoms with van der Waals surface area (Å²) in [6.45, 7) is 6.21. The van der Waals surface area contributed by atoms with Crippen molar-refractivity contribution in [3.05, 3.63) is 30.1 Å². The topological polar surface area (TPSA) is 87.3 Å². The van der Waals surface area contributed by atoms with Crippen LogP contribution in [0, 0.1) is 5.92 Å². The summed E-state index contributed by atoms with van der Waals surface area (Å²) >= 11 is 0. The van der Waals surface area contributed by atoms with Crippen LogP contribution in [0.2, 0.25) is 0 Å². The maximum atomic E-state index is 12.5. The van der Waals surface area contributed by atoms with E-state index in [1.807, 2.05) is 45.3 Å². The summed E-state index contributed by atoms with van der Waals surface area (Å²) in [5.41, 5.74) is 2.20. The van der Waals surface area contributed by atoms with E-state index in [1.165, 1.54) is 0 Å². The van der Waals surface area contributed by atoms with Crippen LogP contribution < -0.4 is 5.32 Å². The van der Waals surface area contributed by atoms with Gasteiger partial charge < -0.3 is 15.0 Å². The second kappa shape index (κ2) is 6.96. The third kappa shape index (κ3) is 4.03. The highest BCUT2D eigenvalue weighted by Gasteiger charge is 2.30. The normalized spacial score (nSPS) is 17.4. The minimum atomic E-state index is -0.534. The number of H-pyrrole nitrogens is 1. The lowest BCUT2D eigenvalue weighted by molar-refractivity contribution is -0.117. The van der Waals surface area contributed by atoms with Crippen molar-refractivity contribution in [2.75, 3.05) is 11.9 Å². The number of nitrogens with one attached hydrogen (secondary N) is 2. The molecule has 0 aromatic carbocycles. The molecular formula is C21H26N4O3. The number of allylic oxidation sites excluding steroid dienone is 1. The van der Waals surface area contributed by atoms with E-state index < -0.39 is 5.60 Å². The lowest BCUT2D eigenvalue weighted by atomic mass is 9.97. The van der Waals surface area contributed by atoms with Crippen molar-refractivity contribution < 1.29 is 14.3 Å². The Kier molecular flexibility index (Phi) is 4.61. The number of hydrogen-bond acceptors (Lipinski definition) is 4. The van der Waals surface area contributed by atoms with Crippen molar-refractivity contribution >= 4 is 34.4 Å². The van der Waals surface area contributed by atoms with Gasteiger partial charge in [-0.1, -0.05) is 0 Å². The average molecular weight is 382 g/mol. The van der Waals surface area contributed by atoms with Crippen molar-refractivity contribution in [3.63, 3.8) is 0 Å². The zero-order chi connectivity index (χ0) is 19.9. The summed E-state index contributed by atoms with van der Waals surface area (Å²) in [4.78, 5) is 33.9. The van der Waals surface area contributed by atoms with Crippen LogP contribution in [-0.2, 0) is 9.53 Å². The fraction of sp³-hybridized carbons (Fsp3) is 0.476. The van der Waals surface area contributed by atoms with Gasteiger partial charge in [-0.2, -0.15) is 0 Å². The number of ether oxygens (including phenoxy) is 1. The highest BCUT2D eigenvalue weighted by Crippen LogP contribution is 2.34. The number of aromatic nitrogens is 2. The molecule has 0 radical (unpaired) electrons. The summed E-state index contributed by atoms with van der Waals surface area (Å²) in [5, 5.41) is 3.90. The van der Waals surface area contributed by atoms with E-state index in [0.29, 0.717) is 12.4 Å². The van der Waals surface area contributed by atoms with Crippen LogP contribution in [0.5, 0.6) is 0 Å². The number of carbonyl (C=O) groups excluding carboxylic acids is 2. The van der Waals surface area contributed by atoms with Crippen molar-refractivity contribution in [3.8, 4) is 0 Å². The molecule has 0 bridgehead atoms. The number of pyridine rings is 1. The Morgan fingerprint density at radius 3 is 2.82 bits per heavy atom. The monoisotopic (exact) mass is 382 g/mol. The van der Waals surface area contributed by atoms with Gasteiger partial charge in [0, 0.05) is 30.2 Å². The number of anilines is 1. The number of fused-ring (bicyclic) bond motifs is 1. The Hall–Kier alpha value is -2.83. The molecule has 2 aromatic rings. The van der Waals surface area contributed by atoms with E-state index in [4.69, 9.17) is 4.74 Å². The first-order valence-corrected chi connectivity index (χ1v) is 9.80. The van der Waals surface area contributed by atoms with E-state index in [2.05, 4.69) is 15.3 Å². The lowest BCUT2D eigenvalue weighted by Gasteiger charge is -2.28.